The molecular formula is C24H23N3O3. The Labute approximate surface area is 175 Å². The van der Waals surface area contributed by atoms with Crippen molar-refractivity contribution in [2.45, 2.75) is 0 Å². The van der Waals surface area contributed by atoms with Gasteiger partial charge in [0.05, 0.1) is 18.6 Å². The van der Waals surface area contributed by atoms with Gasteiger partial charge in [0, 0.05) is 37.0 Å². The molecule has 0 radical (unpaired) electrons. The third kappa shape index (κ3) is 3.92. The number of ether oxygens (including phenoxy) is 2. The lowest BCUT2D eigenvalue weighted by Crippen LogP contribution is -2.38. The number of nitrogens with zero attached hydrogens (tertiary/aromatic N) is 3. The first-order valence-electron chi connectivity index (χ1n) is 10.2. The van der Waals surface area contributed by atoms with Gasteiger partial charge in [0.2, 0.25) is 5.71 Å². The molecule has 1 aliphatic rings. The van der Waals surface area contributed by atoms with E-state index in [-0.39, 0.29) is 0 Å². The molecule has 0 saturated carbocycles. The summed E-state index contributed by atoms with van der Waals surface area (Å²) in [6, 6.07) is 18.2. The highest BCUT2D eigenvalue weighted by Crippen LogP contribution is 2.40. The lowest BCUT2D eigenvalue weighted by molar-refractivity contribution is 0.0322. The fourth-order valence-electron chi connectivity index (χ4n) is 3.76. The molecule has 1 aliphatic heterocycles. The number of rotatable bonds is 6. The van der Waals surface area contributed by atoms with Crippen LogP contribution >= 0.6 is 0 Å². The molecule has 0 atom stereocenters. The van der Waals surface area contributed by atoms with Crippen LogP contribution in [0.15, 0.2) is 71.5 Å². The van der Waals surface area contributed by atoms with E-state index in [0.717, 1.165) is 66.4 Å². The maximum Gasteiger partial charge on any atom is 0.230 e. The Kier molecular flexibility index (Phi) is 5.42. The molecular weight excluding hydrogens is 378 g/mol. The molecule has 2 aromatic carbocycles. The van der Waals surface area contributed by atoms with Crippen molar-refractivity contribution in [1.82, 2.24) is 14.9 Å². The Morgan fingerprint density at radius 2 is 1.73 bits per heavy atom. The van der Waals surface area contributed by atoms with Crippen molar-refractivity contribution in [3.8, 4) is 28.2 Å². The molecule has 2 aromatic heterocycles. The van der Waals surface area contributed by atoms with Crippen LogP contribution in [0.25, 0.3) is 33.6 Å². The molecule has 0 bridgehead atoms. The van der Waals surface area contributed by atoms with Gasteiger partial charge in [-0.1, -0.05) is 30.3 Å². The quantitative estimate of drug-likeness (QED) is 0.481. The van der Waals surface area contributed by atoms with E-state index in [4.69, 9.17) is 13.9 Å². The van der Waals surface area contributed by atoms with E-state index >= 15 is 0 Å². The zero-order valence-corrected chi connectivity index (χ0v) is 16.7. The van der Waals surface area contributed by atoms with Crippen LogP contribution in [0.2, 0.25) is 0 Å². The summed E-state index contributed by atoms with van der Waals surface area (Å²) in [5, 5.41) is 0.907. The average molecular weight is 401 g/mol. The first kappa shape index (κ1) is 18.8. The zero-order valence-electron chi connectivity index (χ0n) is 16.7. The SMILES string of the molecule is c1ccc(-c2c(-c3ccc(OCCN4CCOCC4)cc3)oc3ncncc23)cc1. The van der Waals surface area contributed by atoms with Crippen LogP contribution in [0.3, 0.4) is 0 Å². The summed E-state index contributed by atoms with van der Waals surface area (Å²) in [5.41, 5.74) is 3.65. The number of morpholine rings is 1. The van der Waals surface area contributed by atoms with Crippen LogP contribution in [0.4, 0.5) is 0 Å². The highest BCUT2D eigenvalue weighted by Gasteiger charge is 2.18. The van der Waals surface area contributed by atoms with Gasteiger partial charge >= 0.3 is 0 Å². The van der Waals surface area contributed by atoms with Gasteiger partial charge in [0.1, 0.15) is 24.4 Å². The second-order valence-corrected chi connectivity index (χ2v) is 7.24. The highest BCUT2D eigenvalue weighted by atomic mass is 16.5. The summed E-state index contributed by atoms with van der Waals surface area (Å²) in [6.07, 6.45) is 3.32. The minimum Gasteiger partial charge on any atom is -0.492 e. The van der Waals surface area contributed by atoms with E-state index in [0.29, 0.717) is 12.3 Å². The minimum atomic E-state index is 0.588. The van der Waals surface area contributed by atoms with Crippen LogP contribution in [0, 0.1) is 0 Å². The molecule has 4 aromatic rings. The molecule has 0 unspecified atom stereocenters. The average Bonchev–Trinajstić information content (AvgIpc) is 3.20. The first-order chi connectivity index (χ1) is 14.9. The topological polar surface area (TPSA) is 60.6 Å². The van der Waals surface area contributed by atoms with Crippen molar-refractivity contribution in [2.24, 2.45) is 0 Å². The molecule has 0 N–H and O–H groups in total. The van der Waals surface area contributed by atoms with Crippen LogP contribution in [0.1, 0.15) is 0 Å². The highest BCUT2D eigenvalue weighted by molar-refractivity contribution is 5.99. The van der Waals surface area contributed by atoms with Gasteiger partial charge in [-0.3, -0.25) is 4.90 Å². The zero-order chi connectivity index (χ0) is 20.2. The Morgan fingerprint density at radius 1 is 0.933 bits per heavy atom. The van der Waals surface area contributed by atoms with Crippen molar-refractivity contribution >= 4 is 11.1 Å². The molecule has 1 saturated heterocycles. The standard InChI is InChI=1S/C24H23N3O3/c1-2-4-18(5-3-1)22-21-16-25-17-26-24(21)30-23(22)19-6-8-20(9-7-19)29-15-12-27-10-13-28-14-11-27/h1-9,16-17H,10-15H2. The predicted molar refractivity (Wildman–Crippen MR) is 115 cm³/mol. The lowest BCUT2D eigenvalue weighted by Gasteiger charge is -2.26. The second kappa shape index (κ2) is 8.65. The Bertz CT molecular complexity index is 1100. The molecule has 6 nitrogen and oxygen atoms in total. The normalized spacial score (nSPS) is 14.8. The van der Waals surface area contributed by atoms with Crippen LogP contribution < -0.4 is 4.74 Å². The molecule has 0 amide bonds. The van der Waals surface area contributed by atoms with Gasteiger partial charge in [0.15, 0.2) is 0 Å². The second-order valence-electron chi connectivity index (χ2n) is 7.24. The molecule has 0 aliphatic carbocycles. The molecule has 0 spiro atoms. The number of furan rings is 1. The molecule has 1 fully saturated rings. The van der Waals surface area contributed by atoms with Crippen LogP contribution in [-0.2, 0) is 4.74 Å². The summed E-state index contributed by atoms with van der Waals surface area (Å²) < 4.78 is 17.5. The van der Waals surface area contributed by atoms with Crippen LogP contribution in [0.5, 0.6) is 5.75 Å². The van der Waals surface area contributed by atoms with E-state index in [2.05, 4.69) is 27.0 Å². The molecule has 5 rings (SSSR count). The minimum absolute atomic E-state index is 0.588. The summed E-state index contributed by atoms with van der Waals surface area (Å²) in [4.78, 5) is 10.8. The molecule has 152 valence electrons. The fourth-order valence-corrected chi connectivity index (χ4v) is 3.76. The van der Waals surface area contributed by atoms with Crippen molar-refractivity contribution in [3.63, 3.8) is 0 Å². The van der Waals surface area contributed by atoms with Crippen molar-refractivity contribution in [3.05, 3.63) is 67.1 Å². The molecule has 6 heteroatoms. The third-order valence-electron chi connectivity index (χ3n) is 5.33. The van der Waals surface area contributed by atoms with Crippen molar-refractivity contribution in [2.75, 3.05) is 39.5 Å². The number of fused-ring (bicyclic) bond motifs is 1. The maximum absolute atomic E-state index is 6.13. The number of hydrogen-bond acceptors (Lipinski definition) is 6. The lowest BCUT2D eigenvalue weighted by atomic mass is 10.00. The largest absolute Gasteiger partial charge is 0.492 e. The van der Waals surface area contributed by atoms with E-state index in [1.54, 1.807) is 6.20 Å². The summed E-state index contributed by atoms with van der Waals surface area (Å²) >= 11 is 0. The van der Waals surface area contributed by atoms with Gasteiger partial charge in [-0.15, -0.1) is 0 Å². The van der Waals surface area contributed by atoms with Gasteiger partial charge in [-0.25, -0.2) is 9.97 Å². The van der Waals surface area contributed by atoms with Gasteiger partial charge in [0.25, 0.3) is 0 Å². The van der Waals surface area contributed by atoms with Gasteiger partial charge < -0.3 is 13.9 Å². The maximum atomic E-state index is 6.13. The van der Waals surface area contributed by atoms with E-state index in [9.17, 15) is 0 Å². The summed E-state index contributed by atoms with van der Waals surface area (Å²) in [7, 11) is 0. The van der Waals surface area contributed by atoms with E-state index in [1.807, 2.05) is 42.5 Å². The number of aromatic nitrogens is 2. The van der Waals surface area contributed by atoms with Gasteiger partial charge in [-0.05, 0) is 29.8 Å². The fraction of sp³-hybridized carbons (Fsp3) is 0.250. The Morgan fingerprint density at radius 3 is 2.53 bits per heavy atom. The predicted octanol–water partition coefficient (Wildman–Crippen LogP) is 4.27. The van der Waals surface area contributed by atoms with E-state index < -0.39 is 0 Å². The van der Waals surface area contributed by atoms with Crippen molar-refractivity contribution < 1.29 is 13.9 Å². The Hall–Kier alpha value is -3.22. The third-order valence-corrected chi connectivity index (χ3v) is 5.33. The number of benzene rings is 2. The molecule has 30 heavy (non-hydrogen) atoms. The molecule has 3 heterocycles. The van der Waals surface area contributed by atoms with Crippen molar-refractivity contribution in [1.29, 1.82) is 0 Å². The van der Waals surface area contributed by atoms with Gasteiger partial charge in [-0.2, -0.15) is 0 Å². The van der Waals surface area contributed by atoms with E-state index in [1.165, 1.54) is 6.33 Å². The van der Waals surface area contributed by atoms with Crippen LogP contribution in [-0.4, -0.2) is 54.3 Å². The Balaban J connectivity index is 1.38. The smallest absolute Gasteiger partial charge is 0.230 e. The monoisotopic (exact) mass is 401 g/mol. The summed E-state index contributed by atoms with van der Waals surface area (Å²) in [5.74, 6) is 1.64. The first-order valence-corrected chi connectivity index (χ1v) is 10.2. The number of hydrogen-bond donors (Lipinski definition) is 0. The summed E-state index contributed by atoms with van der Waals surface area (Å²) in [6.45, 7) is 5.13.